The van der Waals surface area contributed by atoms with Crippen molar-refractivity contribution < 1.29 is 14.6 Å². The SMILES string of the molecule is COc1ccc(Cl)cc1-c1c(C(=O)O)nc(-c2ccc(C)c(C)c2)n1-c1cc(Cl)ccc1C. The van der Waals surface area contributed by atoms with Crippen LogP contribution < -0.4 is 4.74 Å². The third kappa shape index (κ3) is 4.22. The van der Waals surface area contributed by atoms with Crippen LogP contribution in [0.2, 0.25) is 10.0 Å². The number of methoxy groups -OCH3 is 1. The van der Waals surface area contributed by atoms with Crippen molar-refractivity contribution >= 4 is 29.2 Å². The van der Waals surface area contributed by atoms with Crippen LogP contribution in [0.25, 0.3) is 28.3 Å². The van der Waals surface area contributed by atoms with Gasteiger partial charge in [-0.15, -0.1) is 0 Å². The maximum atomic E-state index is 12.4. The van der Waals surface area contributed by atoms with E-state index in [1.807, 2.05) is 49.6 Å². The fourth-order valence-electron chi connectivity index (χ4n) is 3.82. The summed E-state index contributed by atoms with van der Waals surface area (Å²) in [5, 5.41) is 11.1. The van der Waals surface area contributed by atoms with E-state index in [-0.39, 0.29) is 5.69 Å². The maximum Gasteiger partial charge on any atom is 0.356 e. The summed E-state index contributed by atoms with van der Waals surface area (Å²) >= 11 is 12.7. The Bertz CT molecular complexity index is 1390. The lowest BCUT2D eigenvalue weighted by Gasteiger charge is -2.18. The van der Waals surface area contributed by atoms with Gasteiger partial charge in [0, 0.05) is 21.2 Å². The number of carbonyl (C=O) groups is 1. The summed E-state index contributed by atoms with van der Waals surface area (Å²) in [6, 6.07) is 16.5. The molecule has 0 fully saturated rings. The Hall–Kier alpha value is -3.28. The van der Waals surface area contributed by atoms with Crippen LogP contribution >= 0.6 is 23.2 Å². The van der Waals surface area contributed by atoms with Crippen molar-refractivity contribution in [3.8, 4) is 34.1 Å². The van der Waals surface area contributed by atoms with Crippen LogP contribution in [0.5, 0.6) is 5.75 Å². The van der Waals surface area contributed by atoms with E-state index in [9.17, 15) is 9.90 Å². The average molecular weight is 481 g/mol. The molecule has 0 bridgehead atoms. The average Bonchev–Trinajstić information content (AvgIpc) is 3.18. The molecule has 0 atom stereocenters. The zero-order valence-electron chi connectivity index (χ0n) is 18.6. The zero-order chi connectivity index (χ0) is 23.9. The minimum atomic E-state index is -1.16. The van der Waals surface area contributed by atoms with E-state index in [0.29, 0.717) is 38.6 Å². The number of nitrogens with zero attached hydrogens (tertiary/aromatic N) is 2. The molecule has 1 heterocycles. The second-order valence-electron chi connectivity index (χ2n) is 7.85. The van der Waals surface area contributed by atoms with Gasteiger partial charge in [0.15, 0.2) is 5.69 Å². The molecular weight excluding hydrogens is 459 g/mol. The number of rotatable bonds is 5. The Balaban J connectivity index is 2.19. The molecule has 4 aromatic rings. The Morgan fingerprint density at radius 1 is 0.909 bits per heavy atom. The number of carboxylic acids is 1. The van der Waals surface area contributed by atoms with Crippen molar-refractivity contribution in [2.75, 3.05) is 7.11 Å². The van der Waals surface area contributed by atoms with Crippen LogP contribution in [0, 0.1) is 20.8 Å². The molecule has 0 saturated carbocycles. The molecule has 168 valence electrons. The molecule has 1 N–H and O–H groups in total. The second kappa shape index (κ2) is 8.93. The van der Waals surface area contributed by atoms with Crippen molar-refractivity contribution in [2.24, 2.45) is 0 Å². The lowest BCUT2D eigenvalue weighted by atomic mass is 10.0. The first kappa shape index (κ1) is 22.9. The number of carboxylic acid groups (broad SMARTS) is 1. The van der Waals surface area contributed by atoms with Crippen molar-refractivity contribution in [3.63, 3.8) is 0 Å². The maximum absolute atomic E-state index is 12.4. The first-order valence-electron chi connectivity index (χ1n) is 10.3. The van der Waals surface area contributed by atoms with Crippen molar-refractivity contribution in [3.05, 3.63) is 87.0 Å². The van der Waals surface area contributed by atoms with Crippen LogP contribution in [-0.4, -0.2) is 27.7 Å². The molecule has 0 aliphatic rings. The summed E-state index contributed by atoms with van der Waals surface area (Å²) in [4.78, 5) is 17.0. The normalized spacial score (nSPS) is 11.0. The van der Waals surface area contributed by atoms with Gasteiger partial charge in [0.2, 0.25) is 0 Å². The molecule has 0 radical (unpaired) electrons. The smallest absolute Gasteiger partial charge is 0.356 e. The fourth-order valence-corrected chi connectivity index (χ4v) is 4.15. The molecule has 4 rings (SSSR count). The molecule has 3 aromatic carbocycles. The predicted molar refractivity (Wildman–Crippen MR) is 132 cm³/mol. The summed E-state index contributed by atoms with van der Waals surface area (Å²) in [5.74, 6) is -0.192. The molecule has 0 amide bonds. The molecule has 33 heavy (non-hydrogen) atoms. The highest BCUT2D eigenvalue weighted by Crippen LogP contribution is 2.40. The monoisotopic (exact) mass is 480 g/mol. The van der Waals surface area contributed by atoms with E-state index in [2.05, 4.69) is 4.98 Å². The van der Waals surface area contributed by atoms with Crippen LogP contribution in [0.1, 0.15) is 27.2 Å². The summed E-state index contributed by atoms with van der Waals surface area (Å²) in [6.45, 7) is 5.97. The molecule has 5 nitrogen and oxygen atoms in total. The largest absolute Gasteiger partial charge is 0.496 e. The number of ether oxygens (including phenoxy) is 1. The Morgan fingerprint density at radius 3 is 2.24 bits per heavy atom. The van der Waals surface area contributed by atoms with Gasteiger partial charge >= 0.3 is 5.97 Å². The number of imidazole rings is 1. The van der Waals surface area contributed by atoms with Gasteiger partial charge in [-0.05, 0) is 73.9 Å². The number of benzene rings is 3. The predicted octanol–water partition coefficient (Wildman–Crippen LogP) is 7.15. The van der Waals surface area contributed by atoms with Gasteiger partial charge in [0.1, 0.15) is 11.6 Å². The number of aromatic carboxylic acids is 1. The van der Waals surface area contributed by atoms with Gasteiger partial charge in [0.25, 0.3) is 0 Å². The lowest BCUT2D eigenvalue weighted by molar-refractivity contribution is 0.0692. The topological polar surface area (TPSA) is 64.3 Å². The molecule has 7 heteroatoms. The van der Waals surface area contributed by atoms with E-state index < -0.39 is 5.97 Å². The standard InChI is InChI=1S/C26H22Cl2N2O3/c1-14-5-7-17(11-16(14)3)25-29-23(26(31)32)24(20-12-18(27)9-10-22(20)33-4)30(25)21-13-19(28)8-6-15(21)2/h5-13H,1-4H3,(H,31,32). The van der Waals surface area contributed by atoms with E-state index in [0.717, 1.165) is 22.3 Å². The molecule has 0 saturated heterocycles. The number of aromatic nitrogens is 2. The van der Waals surface area contributed by atoms with E-state index >= 15 is 0 Å². The number of hydrogen-bond donors (Lipinski definition) is 1. The Labute approximate surface area is 202 Å². The lowest BCUT2D eigenvalue weighted by Crippen LogP contribution is -2.06. The molecule has 0 unspecified atom stereocenters. The molecule has 0 spiro atoms. The van der Waals surface area contributed by atoms with Gasteiger partial charge in [-0.25, -0.2) is 9.78 Å². The first-order valence-corrected chi connectivity index (χ1v) is 11.0. The van der Waals surface area contributed by atoms with Crippen LogP contribution in [0.15, 0.2) is 54.6 Å². The highest BCUT2D eigenvalue weighted by Gasteiger charge is 2.28. The molecule has 0 aliphatic carbocycles. The number of aryl methyl sites for hydroxylation is 3. The summed E-state index contributed by atoms with van der Waals surface area (Å²) in [7, 11) is 1.53. The van der Waals surface area contributed by atoms with Crippen molar-refractivity contribution in [1.82, 2.24) is 9.55 Å². The van der Waals surface area contributed by atoms with Gasteiger partial charge < -0.3 is 9.84 Å². The minimum absolute atomic E-state index is 0.108. The minimum Gasteiger partial charge on any atom is -0.496 e. The molecular formula is C26H22Cl2N2O3. The Morgan fingerprint density at radius 2 is 1.58 bits per heavy atom. The van der Waals surface area contributed by atoms with Crippen LogP contribution in [0.4, 0.5) is 0 Å². The van der Waals surface area contributed by atoms with Crippen LogP contribution in [0.3, 0.4) is 0 Å². The van der Waals surface area contributed by atoms with Gasteiger partial charge in [-0.2, -0.15) is 0 Å². The van der Waals surface area contributed by atoms with Crippen LogP contribution in [-0.2, 0) is 0 Å². The second-order valence-corrected chi connectivity index (χ2v) is 8.72. The molecule has 0 aliphatic heterocycles. The summed E-state index contributed by atoms with van der Waals surface area (Å²) in [5.41, 5.74) is 5.38. The third-order valence-corrected chi connectivity index (χ3v) is 6.14. The zero-order valence-corrected chi connectivity index (χ0v) is 20.1. The fraction of sp³-hybridized carbons (Fsp3) is 0.154. The van der Waals surface area contributed by atoms with Crippen molar-refractivity contribution in [2.45, 2.75) is 20.8 Å². The summed E-state index contributed by atoms with van der Waals surface area (Å²) in [6.07, 6.45) is 0. The molecule has 1 aromatic heterocycles. The third-order valence-electron chi connectivity index (χ3n) is 5.67. The number of hydrogen-bond acceptors (Lipinski definition) is 3. The summed E-state index contributed by atoms with van der Waals surface area (Å²) < 4.78 is 7.39. The highest BCUT2D eigenvalue weighted by atomic mass is 35.5. The quantitative estimate of drug-likeness (QED) is 0.329. The van der Waals surface area contributed by atoms with Gasteiger partial charge in [-0.1, -0.05) is 41.4 Å². The van der Waals surface area contributed by atoms with E-state index in [4.69, 9.17) is 27.9 Å². The first-order chi connectivity index (χ1) is 15.7. The van der Waals surface area contributed by atoms with Crippen molar-refractivity contribution in [1.29, 1.82) is 0 Å². The van der Waals surface area contributed by atoms with E-state index in [1.54, 1.807) is 30.3 Å². The number of halogens is 2. The highest BCUT2D eigenvalue weighted by molar-refractivity contribution is 6.31. The van der Waals surface area contributed by atoms with E-state index in [1.165, 1.54) is 7.11 Å². The van der Waals surface area contributed by atoms with Gasteiger partial charge in [-0.3, -0.25) is 4.57 Å². The van der Waals surface area contributed by atoms with Gasteiger partial charge in [0.05, 0.1) is 18.5 Å². The Kier molecular flexibility index (Phi) is 6.19.